The average molecular weight is 188 g/mol. The van der Waals surface area contributed by atoms with Gasteiger partial charge in [-0.25, -0.2) is 13.2 Å². The van der Waals surface area contributed by atoms with Crippen LogP contribution in [0.25, 0.3) is 0 Å². The van der Waals surface area contributed by atoms with E-state index in [9.17, 15) is 13.2 Å². The zero-order valence-electron chi connectivity index (χ0n) is 7.63. The summed E-state index contributed by atoms with van der Waals surface area (Å²) in [6.45, 7) is 3.41. The van der Waals surface area contributed by atoms with E-state index in [1.165, 1.54) is 6.07 Å². The van der Waals surface area contributed by atoms with E-state index in [0.717, 1.165) is 0 Å². The minimum atomic E-state index is -1.35. The molecule has 13 heavy (non-hydrogen) atoms. The molecule has 72 valence electrons. The van der Waals surface area contributed by atoms with E-state index in [2.05, 4.69) is 0 Å². The summed E-state index contributed by atoms with van der Waals surface area (Å²) in [6.07, 6.45) is 0.742. The van der Waals surface area contributed by atoms with Crippen LogP contribution in [-0.2, 0) is 12.8 Å². The maximum absolute atomic E-state index is 13.0. The van der Waals surface area contributed by atoms with Crippen molar-refractivity contribution in [1.29, 1.82) is 0 Å². The molecule has 0 heterocycles. The predicted octanol–water partition coefficient (Wildman–Crippen LogP) is 3.23. The summed E-state index contributed by atoms with van der Waals surface area (Å²) in [5.41, 5.74) is 0.464. The van der Waals surface area contributed by atoms with Gasteiger partial charge in [0.05, 0.1) is 0 Å². The second-order valence-electron chi connectivity index (χ2n) is 2.84. The van der Waals surface area contributed by atoms with Crippen molar-refractivity contribution < 1.29 is 13.2 Å². The zero-order chi connectivity index (χ0) is 10.0. The number of hydrogen-bond donors (Lipinski definition) is 0. The summed E-state index contributed by atoms with van der Waals surface area (Å²) in [5, 5.41) is 0. The van der Waals surface area contributed by atoms with Gasteiger partial charge in [-0.2, -0.15) is 0 Å². The highest BCUT2D eigenvalue weighted by Crippen LogP contribution is 2.20. The van der Waals surface area contributed by atoms with Crippen molar-refractivity contribution in [2.75, 3.05) is 0 Å². The Balaban J connectivity index is 3.36. The average Bonchev–Trinajstić information content (AvgIpc) is 2.15. The number of benzene rings is 1. The number of rotatable bonds is 2. The molecule has 0 aliphatic rings. The third kappa shape index (κ3) is 1.69. The molecule has 0 spiro atoms. The van der Waals surface area contributed by atoms with Crippen molar-refractivity contribution in [2.45, 2.75) is 26.7 Å². The highest BCUT2D eigenvalue weighted by Gasteiger charge is 2.16. The molecule has 3 heteroatoms. The number of halogens is 3. The van der Waals surface area contributed by atoms with E-state index in [1.54, 1.807) is 13.8 Å². The molecule has 0 amide bonds. The molecule has 0 atom stereocenters. The molecule has 1 aromatic rings. The summed E-state index contributed by atoms with van der Waals surface area (Å²) in [6, 6.07) is 1.38. The van der Waals surface area contributed by atoms with Gasteiger partial charge in [0.25, 0.3) is 0 Å². The number of aryl methyl sites for hydroxylation is 2. The summed E-state index contributed by atoms with van der Waals surface area (Å²) in [7, 11) is 0. The van der Waals surface area contributed by atoms with Crippen LogP contribution in [0, 0.1) is 17.5 Å². The van der Waals surface area contributed by atoms with E-state index in [1.807, 2.05) is 0 Å². The third-order valence-electron chi connectivity index (χ3n) is 2.06. The molecule has 0 nitrogen and oxygen atoms in total. The highest BCUT2D eigenvalue weighted by atomic mass is 19.2. The van der Waals surface area contributed by atoms with Crippen molar-refractivity contribution in [3.8, 4) is 0 Å². The first kappa shape index (κ1) is 10.1. The summed E-state index contributed by atoms with van der Waals surface area (Å²) >= 11 is 0. The Morgan fingerprint density at radius 3 is 1.54 bits per heavy atom. The molecule has 0 bridgehead atoms. The van der Waals surface area contributed by atoms with Crippen molar-refractivity contribution in [2.24, 2.45) is 0 Å². The van der Waals surface area contributed by atoms with Crippen molar-refractivity contribution in [3.63, 3.8) is 0 Å². The van der Waals surface area contributed by atoms with E-state index < -0.39 is 17.5 Å². The van der Waals surface area contributed by atoms with Gasteiger partial charge in [0, 0.05) is 0 Å². The highest BCUT2D eigenvalue weighted by molar-refractivity contribution is 5.28. The molecule has 1 aromatic carbocycles. The molecule has 1 rings (SSSR count). The second-order valence-corrected chi connectivity index (χ2v) is 2.84. The lowest BCUT2D eigenvalue weighted by Gasteiger charge is -2.06. The van der Waals surface area contributed by atoms with E-state index in [-0.39, 0.29) is 11.1 Å². The van der Waals surface area contributed by atoms with Gasteiger partial charge in [-0.3, -0.25) is 0 Å². The fourth-order valence-electron chi connectivity index (χ4n) is 1.23. The fourth-order valence-corrected chi connectivity index (χ4v) is 1.23. The molecule has 0 aromatic heterocycles. The Labute approximate surface area is 75.4 Å². The lowest BCUT2D eigenvalue weighted by atomic mass is 10.1. The lowest BCUT2D eigenvalue weighted by Crippen LogP contribution is -2.01. The van der Waals surface area contributed by atoms with E-state index in [4.69, 9.17) is 0 Å². The first-order valence-electron chi connectivity index (χ1n) is 4.27. The molecule has 0 unspecified atom stereocenters. The fraction of sp³-hybridized carbons (Fsp3) is 0.400. The molecule has 0 aliphatic carbocycles. The maximum atomic E-state index is 13.0. The number of hydrogen-bond acceptors (Lipinski definition) is 0. The van der Waals surface area contributed by atoms with Crippen LogP contribution in [0.5, 0.6) is 0 Å². The Morgan fingerprint density at radius 2 is 1.23 bits per heavy atom. The molecule has 0 saturated heterocycles. The van der Waals surface area contributed by atoms with Crippen LogP contribution in [0.4, 0.5) is 13.2 Å². The minimum absolute atomic E-state index is 0.232. The standard InChI is InChI=1S/C10H11F3/c1-3-6-5-7(4-2)9(12)10(13)8(6)11/h5H,3-4H2,1-2H3. The largest absolute Gasteiger partial charge is 0.203 e. The SMILES string of the molecule is CCc1cc(CC)c(F)c(F)c1F. The van der Waals surface area contributed by atoms with Crippen LogP contribution in [-0.4, -0.2) is 0 Å². The molecular formula is C10H11F3. The van der Waals surface area contributed by atoms with Gasteiger partial charge in [-0.15, -0.1) is 0 Å². The Bertz CT molecular complexity index is 290. The van der Waals surface area contributed by atoms with Gasteiger partial charge >= 0.3 is 0 Å². The first-order chi connectivity index (χ1) is 6.11. The van der Waals surface area contributed by atoms with Crippen LogP contribution < -0.4 is 0 Å². The van der Waals surface area contributed by atoms with Gasteiger partial charge in [0.2, 0.25) is 0 Å². The quantitative estimate of drug-likeness (QED) is 0.625. The Hall–Kier alpha value is -0.990. The van der Waals surface area contributed by atoms with Crippen LogP contribution in [0.2, 0.25) is 0 Å². The van der Waals surface area contributed by atoms with Crippen molar-refractivity contribution >= 4 is 0 Å². The normalized spacial score (nSPS) is 10.5. The maximum Gasteiger partial charge on any atom is 0.194 e. The minimum Gasteiger partial charge on any atom is -0.203 e. The molecular weight excluding hydrogens is 177 g/mol. The first-order valence-corrected chi connectivity index (χ1v) is 4.27. The second kappa shape index (κ2) is 3.81. The van der Waals surface area contributed by atoms with Crippen LogP contribution in [0.1, 0.15) is 25.0 Å². The van der Waals surface area contributed by atoms with E-state index >= 15 is 0 Å². The van der Waals surface area contributed by atoms with Crippen LogP contribution in [0.3, 0.4) is 0 Å². The lowest BCUT2D eigenvalue weighted by molar-refractivity contribution is 0.436. The summed E-state index contributed by atoms with van der Waals surface area (Å²) in [4.78, 5) is 0. The Morgan fingerprint density at radius 1 is 0.846 bits per heavy atom. The Kier molecular flexibility index (Phi) is 2.96. The summed E-state index contributed by atoms with van der Waals surface area (Å²) in [5.74, 6) is -3.47. The molecule has 0 fully saturated rings. The monoisotopic (exact) mass is 188 g/mol. The molecule has 0 N–H and O–H groups in total. The summed E-state index contributed by atoms with van der Waals surface area (Å²) < 4.78 is 38.8. The van der Waals surface area contributed by atoms with Crippen LogP contribution in [0.15, 0.2) is 6.07 Å². The smallest absolute Gasteiger partial charge is 0.194 e. The van der Waals surface area contributed by atoms with Gasteiger partial charge in [-0.05, 0) is 30.0 Å². The molecule has 0 radical (unpaired) electrons. The van der Waals surface area contributed by atoms with Gasteiger partial charge in [0.15, 0.2) is 17.5 Å². The van der Waals surface area contributed by atoms with Crippen LogP contribution >= 0.6 is 0 Å². The van der Waals surface area contributed by atoms with E-state index in [0.29, 0.717) is 12.8 Å². The topological polar surface area (TPSA) is 0 Å². The third-order valence-corrected chi connectivity index (χ3v) is 2.06. The molecule has 0 aliphatic heterocycles. The van der Waals surface area contributed by atoms with Crippen molar-refractivity contribution in [3.05, 3.63) is 34.6 Å². The van der Waals surface area contributed by atoms with Gasteiger partial charge < -0.3 is 0 Å². The zero-order valence-corrected chi connectivity index (χ0v) is 7.63. The predicted molar refractivity (Wildman–Crippen MR) is 45.1 cm³/mol. The molecule has 0 saturated carbocycles. The van der Waals surface area contributed by atoms with Crippen molar-refractivity contribution in [1.82, 2.24) is 0 Å². The van der Waals surface area contributed by atoms with Gasteiger partial charge in [0.1, 0.15) is 0 Å². The van der Waals surface area contributed by atoms with Gasteiger partial charge in [-0.1, -0.05) is 13.8 Å².